The van der Waals surface area contributed by atoms with Gasteiger partial charge in [0, 0.05) is 18.3 Å². The highest BCUT2D eigenvalue weighted by Crippen LogP contribution is 2.25. The molecule has 1 amide bonds. The Balaban J connectivity index is 1.81. The molecule has 1 aromatic carbocycles. The molecular formula is C16H14BrCl2N5O. The maximum Gasteiger partial charge on any atom is 0.276 e. The summed E-state index contributed by atoms with van der Waals surface area (Å²) in [5.41, 5.74) is 2.03. The largest absolute Gasteiger partial charge is 0.302 e. The monoisotopic (exact) mass is 441 g/mol. The number of halogens is 3. The molecule has 1 N–H and O–H groups in total. The van der Waals surface area contributed by atoms with Gasteiger partial charge in [0.05, 0.1) is 16.7 Å². The van der Waals surface area contributed by atoms with Crippen molar-refractivity contribution in [3.63, 3.8) is 0 Å². The van der Waals surface area contributed by atoms with E-state index < -0.39 is 0 Å². The predicted octanol–water partition coefficient (Wildman–Crippen LogP) is 4.29. The van der Waals surface area contributed by atoms with E-state index in [0.717, 1.165) is 11.3 Å². The summed E-state index contributed by atoms with van der Waals surface area (Å²) in [4.78, 5) is 12.5. The van der Waals surface area contributed by atoms with Gasteiger partial charge in [-0.3, -0.25) is 14.2 Å². The van der Waals surface area contributed by atoms with Crippen LogP contribution in [0, 0.1) is 6.92 Å². The number of hydrogen-bond donors (Lipinski definition) is 1. The molecule has 0 unspecified atom stereocenters. The third-order valence-electron chi connectivity index (χ3n) is 3.60. The van der Waals surface area contributed by atoms with Crippen LogP contribution in [0.25, 0.3) is 0 Å². The Bertz CT molecular complexity index is 950. The van der Waals surface area contributed by atoms with E-state index in [0.29, 0.717) is 26.8 Å². The first-order valence-corrected chi connectivity index (χ1v) is 8.88. The van der Waals surface area contributed by atoms with Gasteiger partial charge in [0.2, 0.25) is 0 Å². The lowest BCUT2D eigenvalue weighted by Gasteiger charge is -2.05. The molecule has 0 radical (unpaired) electrons. The highest BCUT2D eigenvalue weighted by Gasteiger charge is 2.20. The molecule has 130 valence electrons. The van der Waals surface area contributed by atoms with Crippen molar-refractivity contribution in [2.24, 2.45) is 7.05 Å². The van der Waals surface area contributed by atoms with E-state index in [2.05, 4.69) is 31.4 Å². The fourth-order valence-corrected chi connectivity index (χ4v) is 3.32. The smallest absolute Gasteiger partial charge is 0.276 e. The van der Waals surface area contributed by atoms with Crippen molar-refractivity contribution >= 4 is 50.9 Å². The van der Waals surface area contributed by atoms with Crippen LogP contribution in [-0.4, -0.2) is 25.5 Å². The molecule has 0 spiro atoms. The maximum atomic E-state index is 12.5. The van der Waals surface area contributed by atoms with Crippen molar-refractivity contribution in [3.05, 3.63) is 61.9 Å². The zero-order valence-electron chi connectivity index (χ0n) is 13.4. The standard InChI is InChI=1S/C16H14BrCl2N5O/c1-9-13(17)14(23(2)21-9)16(25)20-15-12(19)8-24(22-15)7-10-5-3-4-6-11(10)18/h3-6,8H,7H2,1-2H3,(H,20,22,25). The fraction of sp³-hybridized carbons (Fsp3) is 0.188. The third-order valence-corrected chi connectivity index (χ3v) is 5.20. The highest BCUT2D eigenvalue weighted by atomic mass is 79.9. The number of anilines is 1. The number of carbonyl (C=O) groups is 1. The van der Waals surface area contributed by atoms with E-state index in [4.69, 9.17) is 23.2 Å². The number of amides is 1. The molecule has 0 atom stereocenters. The first-order chi connectivity index (χ1) is 11.9. The van der Waals surface area contributed by atoms with Crippen LogP contribution in [0.1, 0.15) is 21.7 Å². The minimum atomic E-state index is -0.347. The molecule has 0 aliphatic heterocycles. The Hall–Kier alpha value is -1.83. The Morgan fingerprint density at radius 1 is 1.24 bits per heavy atom. The van der Waals surface area contributed by atoms with Gasteiger partial charge < -0.3 is 5.32 Å². The Morgan fingerprint density at radius 3 is 2.60 bits per heavy atom. The van der Waals surface area contributed by atoms with Gasteiger partial charge >= 0.3 is 0 Å². The van der Waals surface area contributed by atoms with Crippen LogP contribution in [-0.2, 0) is 13.6 Å². The molecule has 9 heteroatoms. The summed E-state index contributed by atoms with van der Waals surface area (Å²) in [5.74, 6) is -0.0654. The van der Waals surface area contributed by atoms with Crippen molar-refractivity contribution in [1.82, 2.24) is 19.6 Å². The number of nitrogens with zero attached hydrogens (tertiary/aromatic N) is 4. The van der Waals surface area contributed by atoms with Gasteiger partial charge in [-0.15, -0.1) is 0 Å². The summed E-state index contributed by atoms with van der Waals surface area (Å²) in [6, 6.07) is 7.48. The van der Waals surface area contributed by atoms with E-state index in [9.17, 15) is 4.79 Å². The Labute approximate surface area is 162 Å². The molecule has 2 aromatic heterocycles. The molecule has 0 aliphatic rings. The lowest BCUT2D eigenvalue weighted by molar-refractivity contribution is 0.101. The summed E-state index contributed by atoms with van der Waals surface area (Å²) in [6.07, 6.45) is 1.64. The normalized spacial score (nSPS) is 10.9. The number of benzene rings is 1. The molecule has 0 saturated heterocycles. The minimum absolute atomic E-state index is 0.282. The summed E-state index contributed by atoms with van der Waals surface area (Å²) in [7, 11) is 1.70. The topological polar surface area (TPSA) is 64.7 Å². The fourth-order valence-electron chi connectivity index (χ4n) is 2.41. The first kappa shape index (κ1) is 18.0. The molecule has 6 nitrogen and oxygen atoms in total. The van der Waals surface area contributed by atoms with E-state index in [1.165, 1.54) is 4.68 Å². The van der Waals surface area contributed by atoms with Gasteiger partial charge in [-0.2, -0.15) is 10.2 Å². The number of rotatable bonds is 4. The predicted molar refractivity (Wildman–Crippen MR) is 101 cm³/mol. The second-order valence-corrected chi connectivity index (χ2v) is 7.05. The third kappa shape index (κ3) is 3.73. The van der Waals surface area contributed by atoms with E-state index in [-0.39, 0.29) is 11.7 Å². The van der Waals surface area contributed by atoms with E-state index >= 15 is 0 Å². The van der Waals surface area contributed by atoms with Gasteiger partial charge in [0.15, 0.2) is 5.82 Å². The van der Waals surface area contributed by atoms with Gasteiger partial charge in [0.25, 0.3) is 5.91 Å². The summed E-state index contributed by atoms with van der Waals surface area (Å²) in [5, 5.41) is 12.2. The van der Waals surface area contributed by atoms with Crippen molar-refractivity contribution in [3.8, 4) is 0 Å². The quantitative estimate of drug-likeness (QED) is 0.655. The lowest BCUT2D eigenvalue weighted by Crippen LogP contribution is -2.17. The summed E-state index contributed by atoms with van der Waals surface area (Å²) in [6.45, 7) is 2.26. The number of hydrogen-bond acceptors (Lipinski definition) is 3. The first-order valence-electron chi connectivity index (χ1n) is 7.33. The van der Waals surface area contributed by atoms with Crippen LogP contribution >= 0.6 is 39.1 Å². The second kappa shape index (κ2) is 7.19. The number of aromatic nitrogens is 4. The molecule has 0 fully saturated rings. The second-order valence-electron chi connectivity index (χ2n) is 5.44. The Morgan fingerprint density at radius 2 is 1.96 bits per heavy atom. The van der Waals surface area contributed by atoms with Crippen LogP contribution in [0.5, 0.6) is 0 Å². The average molecular weight is 443 g/mol. The molecule has 0 aliphatic carbocycles. The molecular weight excluding hydrogens is 429 g/mol. The summed E-state index contributed by atoms with van der Waals surface area (Å²) >= 11 is 15.7. The average Bonchev–Trinajstić information content (AvgIpc) is 3.01. The van der Waals surface area contributed by atoms with Crippen molar-refractivity contribution in [2.45, 2.75) is 13.5 Å². The number of nitrogens with one attached hydrogen (secondary N) is 1. The van der Waals surface area contributed by atoms with Crippen LogP contribution < -0.4 is 5.32 Å². The van der Waals surface area contributed by atoms with Crippen LogP contribution in [0.4, 0.5) is 5.82 Å². The van der Waals surface area contributed by atoms with Crippen LogP contribution in [0.3, 0.4) is 0 Å². The van der Waals surface area contributed by atoms with E-state index in [1.807, 2.05) is 31.2 Å². The Kier molecular flexibility index (Phi) is 5.17. The lowest BCUT2D eigenvalue weighted by atomic mass is 10.2. The molecule has 0 saturated carbocycles. The molecule has 0 bridgehead atoms. The zero-order chi connectivity index (χ0) is 18.1. The molecule has 3 rings (SSSR count). The van der Waals surface area contributed by atoms with Gasteiger partial charge in [-0.05, 0) is 34.5 Å². The molecule has 25 heavy (non-hydrogen) atoms. The van der Waals surface area contributed by atoms with Crippen molar-refractivity contribution < 1.29 is 4.79 Å². The molecule has 3 aromatic rings. The van der Waals surface area contributed by atoms with Crippen LogP contribution in [0.2, 0.25) is 10.0 Å². The van der Waals surface area contributed by atoms with Crippen molar-refractivity contribution in [1.29, 1.82) is 0 Å². The minimum Gasteiger partial charge on any atom is -0.302 e. The van der Waals surface area contributed by atoms with E-state index in [1.54, 1.807) is 17.9 Å². The van der Waals surface area contributed by atoms with Crippen LogP contribution in [0.15, 0.2) is 34.9 Å². The number of carbonyl (C=O) groups excluding carboxylic acids is 1. The van der Waals surface area contributed by atoms with Gasteiger partial charge in [0.1, 0.15) is 10.7 Å². The SMILES string of the molecule is Cc1nn(C)c(C(=O)Nc2nn(Cc3ccccc3Cl)cc2Cl)c1Br. The highest BCUT2D eigenvalue weighted by molar-refractivity contribution is 9.10. The van der Waals surface area contributed by atoms with Gasteiger partial charge in [-0.1, -0.05) is 41.4 Å². The summed E-state index contributed by atoms with van der Waals surface area (Å²) < 4.78 is 3.77. The zero-order valence-corrected chi connectivity index (χ0v) is 16.5. The molecule has 2 heterocycles. The van der Waals surface area contributed by atoms with Crippen molar-refractivity contribution in [2.75, 3.05) is 5.32 Å². The number of aryl methyl sites for hydroxylation is 2. The van der Waals surface area contributed by atoms with Gasteiger partial charge in [-0.25, -0.2) is 0 Å². The maximum absolute atomic E-state index is 12.5.